The number of carbonyl (C=O) groups excluding carboxylic acids is 1. The maximum Gasteiger partial charge on any atom is 0.407 e. The number of ether oxygens (including phenoxy) is 2. The summed E-state index contributed by atoms with van der Waals surface area (Å²) in [6, 6.07) is 7.59. The number of pyridine rings is 2. The number of carbonyl (C=O) groups is 2. The standard InChI is InChI=1S/C26H31FN4O6.C6H15NO/c1-16(2)37-12-4-9-28-24(33)21-23(32)22-20(31(25(21)34)11-10-30(3)26(35)36)14-18(15-29-22)13-17-5-7-19(27)8-6-17;1-6(2)8-5-3-4-7/h5-8,14-16,32H,4,9-13H2,1-3H3,(H,28,33)(H,35,36);6H,3-5,7H2,1-2H3. The number of aromatic nitrogens is 2. The van der Waals surface area contributed by atoms with E-state index in [-0.39, 0.29) is 42.6 Å². The fraction of sp³-hybridized carbons (Fsp3) is 0.500. The van der Waals surface area contributed by atoms with Gasteiger partial charge < -0.3 is 40.2 Å². The second kappa shape index (κ2) is 18.7. The summed E-state index contributed by atoms with van der Waals surface area (Å²) >= 11 is 0. The number of halogens is 1. The Morgan fingerprint density at radius 1 is 1.07 bits per heavy atom. The first-order valence-corrected chi connectivity index (χ1v) is 15.0. The van der Waals surface area contributed by atoms with E-state index < -0.39 is 28.9 Å². The number of hydrogen-bond donors (Lipinski definition) is 4. The molecule has 3 aromatic rings. The van der Waals surface area contributed by atoms with Crippen molar-refractivity contribution in [1.29, 1.82) is 0 Å². The highest BCUT2D eigenvalue weighted by Gasteiger charge is 2.24. The lowest BCUT2D eigenvalue weighted by molar-refractivity contribution is 0.0756. The van der Waals surface area contributed by atoms with Crippen molar-refractivity contribution in [2.45, 2.75) is 65.7 Å². The van der Waals surface area contributed by atoms with Gasteiger partial charge >= 0.3 is 6.09 Å². The molecule has 0 aliphatic heterocycles. The third kappa shape index (κ3) is 12.1. The fourth-order valence-electron chi connectivity index (χ4n) is 4.14. The van der Waals surface area contributed by atoms with Gasteiger partial charge in [-0.1, -0.05) is 12.1 Å². The zero-order chi connectivity index (χ0) is 33.5. The predicted octanol–water partition coefficient (Wildman–Crippen LogP) is 3.75. The van der Waals surface area contributed by atoms with Crippen LogP contribution in [0.25, 0.3) is 11.0 Å². The summed E-state index contributed by atoms with van der Waals surface area (Å²) in [6.45, 7) is 9.92. The Morgan fingerprint density at radius 2 is 1.69 bits per heavy atom. The quantitative estimate of drug-likeness (QED) is 0.183. The summed E-state index contributed by atoms with van der Waals surface area (Å²) < 4.78 is 25.2. The highest BCUT2D eigenvalue weighted by Crippen LogP contribution is 2.26. The molecule has 13 heteroatoms. The molecule has 0 unspecified atom stereocenters. The normalized spacial score (nSPS) is 11.0. The smallest absolute Gasteiger partial charge is 0.407 e. The Kier molecular flexibility index (Phi) is 15.4. The van der Waals surface area contributed by atoms with E-state index in [1.165, 1.54) is 29.9 Å². The summed E-state index contributed by atoms with van der Waals surface area (Å²) in [5, 5.41) is 22.7. The van der Waals surface area contributed by atoms with Crippen LogP contribution in [0.4, 0.5) is 9.18 Å². The molecule has 248 valence electrons. The van der Waals surface area contributed by atoms with Gasteiger partial charge in [-0.05, 0) is 82.8 Å². The van der Waals surface area contributed by atoms with E-state index in [1.807, 2.05) is 27.7 Å². The van der Waals surface area contributed by atoms with Gasteiger partial charge in [0.05, 0.1) is 17.7 Å². The molecule has 3 rings (SSSR count). The van der Waals surface area contributed by atoms with Crippen LogP contribution >= 0.6 is 0 Å². The zero-order valence-corrected chi connectivity index (χ0v) is 26.7. The SMILES string of the molecule is CC(C)OCCCN.CC(C)OCCCNC(=O)c1c(O)c2ncc(Cc3ccc(F)cc3)cc2n(CCN(C)C(=O)O)c1=O. The van der Waals surface area contributed by atoms with E-state index in [2.05, 4.69) is 10.3 Å². The molecule has 0 saturated heterocycles. The number of nitrogens with one attached hydrogen (secondary N) is 1. The van der Waals surface area contributed by atoms with Crippen molar-refractivity contribution in [2.75, 3.05) is 39.9 Å². The molecule has 0 fully saturated rings. The maximum absolute atomic E-state index is 13.4. The van der Waals surface area contributed by atoms with Gasteiger partial charge in [0.1, 0.15) is 16.9 Å². The molecule has 1 aromatic carbocycles. The van der Waals surface area contributed by atoms with E-state index in [9.17, 15) is 29.0 Å². The van der Waals surface area contributed by atoms with Crippen molar-refractivity contribution in [1.82, 2.24) is 19.8 Å². The molecule has 0 saturated carbocycles. The molecule has 2 amide bonds. The zero-order valence-electron chi connectivity index (χ0n) is 26.7. The molecule has 0 radical (unpaired) electrons. The van der Waals surface area contributed by atoms with Gasteiger partial charge in [0.25, 0.3) is 11.5 Å². The third-order valence-corrected chi connectivity index (χ3v) is 6.53. The van der Waals surface area contributed by atoms with Gasteiger partial charge in [-0.3, -0.25) is 14.6 Å². The number of amides is 2. The number of nitrogens with two attached hydrogens (primary N) is 1. The number of nitrogens with zero attached hydrogens (tertiary/aromatic N) is 3. The molecular formula is C32H46FN5O7. The monoisotopic (exact) mass is 631 g/mol. The van der Waals surface area contributed by atoms with Crippen molar-refractivity contribution in [2.24, 2.45) is 5.73 Å². The van der Waals surface area contributed by atoms with Gasteiger partial charge in [0.2, 0.25) is 0 Å². The van der Waals surface area contributed by atoms with Gasteiger partial charge in [-0.2, -0.15) is 0 Å². The Labute approximate surface area is 263 Å². The minimum absolute atomic E-state index is 0.0359. The Bertz CT molecular complexity index is 1440. The number of rotatable bonds is 15. The molecule has 0 spiro atoms. The molecule has 0 aliphatic rings. The van der Waals surface area contributed by atoms with Crippen molar-refractivity contribution < 1.29 is 33.7 Å². The average Bonchev–Trinajstić information content (AvgIpc) is 2.98. The van der Waals surface area contributed by atoms with E-state index >= 15 is 0 Å². The number of fused-ring (bicyclic) bond motifs is 1. The molecular weight excluding hydrogens is 585 g/mol. The van der Waals surface area contributed by atoms with Crippen LogP contribution < -0.4 is 16.6 Å². The Balaban J connectivity index is 0.000000777. The van der Waals surface area contributed by atoms with E-state index in [0.29, 0.717) is 31.1 Å². The molecule has 5 N–H and O–H groups in total. The Morgan fingerprint density at radius 3 is 2.27 bits per heavy atom. The second-order valence-corrected chi connectivity index (χ2v) is 11.0. The molecule has 2 aromatic heterocycles. The number of likely N-dealkylation sites (N-methyl/N-ethyl adjacent to an activating group) is 1. The summed E-state index contributed by atoms with van der Waals surface area (Å²) in [5.41, 5.74) is 5.79. The van der Waals surface area contributed by atoms with Gasteiger partial charge in [0, 0.05) is 46.1 Å². The third-order valence-electron chi connectivity index (χ3n) is 6.53. The van der Waals surface area contributed by atoms with Gasteiger partial charge in [0.15, 0.2) is 5.75 Å². The van der Waals surface area contributed by atoms with Crippen LogP contribution in [0.3, 0.4) is 0 Å². The largest absolute Gasteiger partial charge is 0.505 e. The lowest BCUT2D eigenvalue weighted by Crippen LogP contribution is -2.37. The topological polar surface area (TPSA) is 169 Å². The molecule has 45 heavy (non-hydrogen) atoms. The highest BCUT2D eigenvalue weighted by molar-refractivity contribution is 6.01. The maximum atomic E-state index is 13.4. The van der Waals surface area contributed by atoms with Crippen molar-refractivity contribution in [3.63, 3.8) is 0 Å². The van der Waals surface area contributed by atoms with Crippen LogP contribution in [-0.2, 0) is 22.4 Å². The lowest BCUT2D eigenvalue weighted by atomic mass is 10.1. The first kappa shape index (κ1) is 37.1. The molecule has 12 nitrogen and oxygen atoms in total. The first-order chi connectivity index (χ1) is 21.3. The number of benzene rings is 1. The van der Waals surface area contributed by atoms with Crippen molar-refractivity contribution in [3.05, 3.63) is 69.4 Å². The Hall–Kier alpha value is -4.07. The molecule has 2 heterocycles. The number of aromatic hydroxyl groups is 1. The van der Waals surface area contributed by atoms with Crippen LogP contribution in [0.1, 0.15) is 62.0 Å². The summed E-state index contributed by atoms with van der Waals surface area (Å²) in [6.07, 6.45) is 2.60. The molecule has 0 bridgehead atoms. The van der Waals surface area contributed by atoms with E-state index in [1.54, 1.807) is 18.2 Å². The van der Waals surface area contributed by atoms with Crippen molar-refractivity contribution >= 4 is 23.0 Å². The van der Waals surface area contributed by atoms with Crippen LogP contribution in [-0.4, -0.2) is 88.8 Å². The number of carboxylic acid groups (broad SMARTS) is 1. The van der Waals surface area contributed by atoms with E-state index in [4.69, 9.17) is 15.2 Å². The minimum atomic E-state index is -1.17. The first-order valence-electron chi connectivity index (χ1n) is 15.0. The summed E-state index contributed by atoms with van der Waals surface area (Å²) in [4.78, 5) is 42.9. The van der Waals surface area contributed by atoms with Crippen LogP contribution in [0, 0.1) is 5.82 Å². The minimum Gasteiger partial charge on any atom is -0.505 e. The van der Waals surface area contributed by atoms with Crippen LogP contribution in [0.15, 0.2) is 41.3 Å². The van der Waals surface area contributed by atoms with Gasteiger partial charge in [-0.15, -0.1) is 0 Å². The average molecular weight is 632 g/mol. The van der Waals surface area contributed by atoms with E-state index in [0.717, 1.165) is 30.0 Å². The van der Waals surface area contributed by atoms with Gasteiger partial charge in [-0.25, -0.2) is 9.18 Å². The molecule has 0 atom stereocenters. The highest BCUT2D eigenvalue weighted by atomic mass is 19.1. The lowest BCUT2D eigenvalue weighted by Gasteiger charge is -2.18. The van der Waals surface area contributed by atoms with Crippen LogP contribution in [0.2, 0.25) is 0 Å². The summed E-state index contributed by atoms with van der Waals surface area (Å²) in [7, 11) is 1.36. The summed E-state index contributed by atoms with van der Waals surface area (Å²) in [5.74, 6) is -1.67. The second-order valence-electron chi connectivity index (χ2n) is 11.0. The van der Waals surface area contributed by atoms with Crippen LogP contribution in [0.5, 0.6) is 5.75 Å². The van der Waals surface area contributed by atoms with Crippen molar-refractivity contribution in [3.8, 4) is 5.75 Å². The number of hydrogen-bond acceptors (Lipinski definition) is 8. The predicted molar refractivity (Wildman–Crippen MR) is 170 cm³/mol. The molecule has 0 aliphatic carbocycles. The fourth-order valence-corrected chi connectivity index (χ4v) is 4.14.